The van der Waals surface area contributed by atoms with Crippen molar-refractivity contribution in [2.45, 2.75) is 25.3 Å². The van der Waals surface area contributed by atoms with Gasteiger partial charge in [-0.3, -0.25) is 9.59 Å². The average molecular weight is 192 g/mol. The molecule has 0 rings (SSSR count). The van der Waals surface area contributed by atoms with Gasteiger partial charge in [0.05, 0.1) is 0 Å². The second kappa shape index (κ2) is 10.9. The van der Waals surface area contributed by atoms with Crippen molar-refractivity contribution in [2.24, 2.45) is 11.5 Å². The summed E-state index contributed by atoms with van der Waals surface area (Å²) in [7, 11) is 0. The fraction of sp³-hybridized carbons (Fsp3) is 0.714. The lowest BCUT2D eigenvalue weighted by molar-refractivity contribution is -0.138. The zero-order chi connectivity index (χ0) is 10.7. The molecule has 13 heavy (non-hydrogen) atoms. The van der Waals surface area contributed by atoms with Crippen molar-refractivity contribution in [1.82, 2.24) is 0 Å². The zero-order valence-electron chi connectivity index (χ0n) is 7.35. The average Bonchev–Trinajstić information content (AvgIpc) is 2.06. The SMILES string of the molecule is NCCCC[C@@H](N)C(=O)O.O=CO. The van der Waals surface area contributed by atoms with E-state index in [1.165, 1.54) is 0 Å². The van der Waals surface area contributed by atoms with E-state index in [0.717, 1.165) is 12.8 Å². The van der Waals surface area contributed by atoms with Gasteiger partial charge in [-0.05, 0) is 19.4 Å². The van der Waals surface area contributed by atoms with Crippen LogP contribution in [0.5, 0.6) is 0 Å². The van der Waals surface area contributed by atoms with Crippen LogP contribution in [0.3, 0.4) is 0 Å². The molecule has 0 saturated heterocycles. The van der Waals surface area contributed by atoms with Crippen LogP contribution in [0.15, 0.2) is 0 Å². The summed E-state index contributed by atoms with van der Waals surface area (Å²) in [5.41, 5.74) is 10.4. The van der Waals surface area contributed by atoms with E-state index in [1.54, 1.807) is 0 Å². The van der Waals surface area contributed by atoms with Crippen molar-refractivity contribution >= 4 is 12.4 Å². The Kier molecular flexibility index (Phi) is 12.0. The van der Waals surface area contributed by atoms with Crippen molar-refractivity contribution in [1.29, 1.82) is 0 Å². The summed E-state index contributed by atoms with van der Waals surface area (Å²) in [5, 5.41) is 15.2. The second-order valence-electron chi connectivity index (χ2n) is 2.33. The van der Waals surface area contributed by atoms with Crippen LogP contribution in [0.4, 0.5) is 0 Å². The maximum atomic E-state index is 10.1. The lowest BCUT2D eigenvalue weighted by atomic mass is 10.1. The van der Waals surface area contributed by atoms with Crippen LogP contribution in [-0.4, -0.2) is 35.2 Å². The molecule has 0 saturated carbocycles. The van der Waals surface area contributed by atoms with Gasteiger partial charge < -0.3 is 21.7 Å². The van der Waals surface area contributed by atoms with Gasteiger partial charge in [0.25, 0.3) is 6.47 Å². The molecule has 0 fully saturated rings. The molecule has 0 aromatic rings. The molecule has 0 bridgehead atoms. The molecule has 0 unspecified atom stereocenters. The second-order valence-corrected chi connectivity index (χ2v) is 2.33. The molecule has 6 nitrogen and oxygen atoms in total. The molecule has 1 atom stereocenters. The molecule has 0 aliphatic heterocycles. The number of aliphatic carboxylic acids is 1. The molecule has 6 heteroatoms. The Balaban J connectivity index is 0. The molecule has 0 aliphatic carbocycles. The molecular weight excluding hydrogens is 176 g/mol. The first-order chi connectivity index (χ1) is 6.09. The predicted molar refractivity (Wildman–Crippen MR) is 47.2 cm³/mol. The van der Waals surface area contributed by atoms with Gasteiger partial charge in [-0.15, -0.1) is 0 Å². The van der Waals surface area contributed by atoms with Crippen LogP contribution in [-0.2, 0) is 9.59 Å². The normalized spacial score (nSPS) is 10.9. The first-order valence-corrected chi connectivity index (χ1v) is 3.86. The molecule has 0 amide bonds. The third kappa shape index (κ3) is 13.8. The summed E-state index contributed by atoms with van der Waals surface area (Å²) >= 11 is 0. The highest BCUT2D eigenvalue weighted by atomic mass is 16.4. The van der Waals surface area contributed by atoms with E-state index in [9.17, 15) is 4.79 Å². The zero-order valence-corrected chi connectivity index (χ0v) is 7.35. The molecule has 0 spiro atoms. The number of hydrogen-bond donors (Lipinski definition) is 4. The van der Waals surface area contributed by atoms with E-state index in [2.05, 4.69) is 0 Å². The van der Waals surface area contributed by atoms with Gasteiger partial charge in [0.1, 0.15) is 6.04 Å². The summed E-state index contributed by atoms with van der Waals surface area (Å²) in [6.07, 6.45) is 2.16. The van der Waals surface area contributed by atoms with Gasteiger partial charge in [0.2, 0.25) is 0 Å². The van der Waals surface area contributed by atoms with Gasteiger partial charge in [0.15, 0.2) is 0 Å². The van der Waals surface area contributed by atoms with Crippen LogP contribution < -0.4 is 11.5 Å². The maximum absolute atomic E-state index is 10.1. The van der Waals surface area contributed by atoms with Gasteiger partial charge in [0, 0.05) is 0 Å². The quantitative estimate of drug-likeness (QED) is 0.334. The minimum absolute atomic E-state index is 0.250. The third-order valence-electron chi connectivity index (χ3n) is 1.29. The minimum Gasteiger partial charge on any atom is -0.483 e. The molecule has 0 aromatic carbocycles. The molecule has 0 aromatic heterocycles. The molecule has 0 aliphatic rings. The Morgan fingerprint density at radius 2 is 1.92 bits per heavy atom. The van der Waals surface area contributed by atoms with E-state index in [0.29, 0.717) is 13.0 Å². The molecule has 78 valence electrons. The van der Waals surface area contributed by atoms with Crippen LogP contribution >= 0.6 is 0 Å². The summed E-state index contributed by atoms with van der Waals surface area (Å²) < 4.78 is 0. The number of carboxylic acids is 1. The highest BCUT2D eigenvalue weighted by Gasteiger charge is 2.09. The van der Waals surface area contributed by atoms with E-state index in [4.69, 9.17) is 26.5 Å². The highest BCUT2D eigenvalue weighted by Crippen LogP contribution is 1.96. The van der Waals surface area contributed by atoms with Crippen LogP contribution in [0.1, 0.15) is 19.3 Å². The summed E-state index contributed by atoms with van der Waals surface area (Å²) in [6.45, 7) is 0.354. The fourth-order valence-corrected chi connectivity index (χ4v) is 0.632. The van der Waals surface area contributed by atoms with Gasteiger partial charge in [-0.2, -0.15) is 0 Å². The Morgan fingerprint density at radius 3 is 2.23 bits per heavy atom. The Bertz CT molecular complexity index is 140. The van der Waals surface area contributed by atoms with E-state index < -0.39 is 12.0 Å². The van der Waals surface area contributed by atoms with Crippen molar-refractivity contribution in [3.8, 4) is 0 Å². The number of unbranched alkanes of at least 4 members (excludes halogenated alkanes) is 1. The first-order valence-electron chi connectivity index (χ1n) is 3.86. The highest BCUT2D eigenvalue weighted by molar-refractivity contribution is 5.72. The van der Waals surface area contributed by atoms with Crippen LogP contribution in [0.25, 0.3) is 0 Å². The monoisotopic (exact) mass is 192 g/mol. The largest absolute Gasteiger partial charge is 0.483 e. The maximum Gasteiger partial charge on any atom is 0.320 e. The smallest absolute Gasteiger partial charge is 0.320 e. The number of carbonyl (C=O) groups is 2. The number of hydrogen-bond acceptors (Lipinski definition) is 4. The van der Waals surface area contributed by atoms with E-state index in [-0.39, 0.29) is 6.47 Å². The summed E-state index contributed by atoms with van der Waals surface area (Å²) in [6, 6.07) is -0.716. The Morgan fingerprint density at radius 1 is 1.46 bits per heavy atom. The molecule has 0 heterocycles. The topological polar surface area (TPSA) is 127 Å². The van der Waals surface area contributed by atoms with E-state index in [1.807, 2.05) is 0 Å². The number of carboxylic acid groups (broad SMARTS) is 2. The summed E-state index contributed by atoms with van der Waals surface area (Å²) in [4.78, 5) is 18.5. The van der Waals surface area contributed by atoms with Crippen molar-refractivity contribution in [3.05, 3.63) is 0 Å². The standard InChI is InChI=1S/C6H14N2O2.CH2O2/c7-4-2-1-3-5(8)6(9)10;2-1-3/h5H,1-4,7-8H2,(H,9,10);1H,(H,2,3)/t5-;/m1./s1. The van der Waals surface area contributed by atoms with Gasteiger partial charge >= 0.3 is 5.97 Å². The Hall–Kier alpha value is -1.14. The number of rotatable bonds is 5. The molecule has 6 N–H and O–H groups in total. The van der Waals surface area contributed by atoms with Crippen LogP contribution in [0, 0.1) is 0 Å². The summed E-state index contributed by atoms with van der Waals surface area (Å²) in [5.74, 6) is -0.933. The van der Waals surface area contributed by atoms with Crippen molar-refractivity contribution in [3.63, 3.8) is 0 Å². The third-order valence-corrected chi connectivity index (χ3v) is 1.29. The van der Waals surface area contributed by atoms with Crippen molar-refractivity contribution < 1.29 is 19.8 Å². The van der Waals surface area contributed by atoms with Gasteiger partial charge in [-0.25, -0.2) is 0 Å². The fourth-order valence-electron chi connectivity index (χ4n) is 0.632. The van der Waals surface area contributed by atoms with E-state index >= 15 is 0 Å². The van der Waals surface area contributed by atoms with Crippen LogP contribution in [0.2, 0.25) is 0 Å². The minimum atomic E-state index is -0.933. The van der Waals surface area contributed by atoms with Gasteiger partial charge in [-0.1, -0.05) is 6.42 Å². The lowest BCUT2D eigenvalue weighted by Crippen LogP contribution is -2.29. The van der Waals surface area contributed by atoms with Crippen molar-refractivity contribution in [2.75, 3.05) is 6.54 Å². The number of nitrogens with two attached hydrogens (primary N) is 2. The molecule has 0 radical (unpaired) electrons. The molecular formula is C7H16N2O4. The lowest BCUT2D eigenvalue weighted by Gasteiger charge is -2.03. The Labute approximate surface area is 76.5 Å². The predicted octanol–water partition coefficient (Wildman–Crippen LogP) is -0.772. The first kappa shape index (κ1) is 14.4.